The maximum absolute atomic E-state index is 4.78. The average molecular weight is 564 g/mol. The molecule has 1 saturated heterocycles. The van der Waals surface area contributed by atoms with Crippen LogP contribution in [0.25, 0.3) is 0 Å². The van der Waals surface area contributed by atoms with Crippen molar-refractivity contribution in [3.63, 3.8) is 0 Å². The maximum atomic E-state index is 4.78. The number of anilines is 1. The zero-order valence-corrected chi connectivity index (χ0v) is 20.6. The van der Waals surface area contributed by atoms with Crippen molar-refractivity contribution in [3.05, 3.63) is 45.4 Å². The van der Waals surface area contributed by atoms with Gasteiger partial charge in [-0.25, -0.2) is 4.98 Å². The summed E-state index contributed by atoms with van der Waals surface area (Å²) in [6, 6.07) is 8.39. The molecule has 27 heavy (non-hydrogen) atoms. The summed E-state index contributed by atoms with van der Waals surface area (Å²) >= 11 is 5.24. The number of hydrogen-bond acceptors (Lipinski definition) is 4. The highest BCUT2D eigenvalue weighted by molar-refractivity contribution is 14.0. The number of rotatable bonds is 6. The summed E-state index contributed by atoms with van der Waals surface area (Å²) in [7, 11) is 3.89. The van der Waals surface area contributed by atoms with Gasteiger partial charge in [0.15, 0.2) is 11.1 Å². The van der Waals surface area contributed by atoms with Crippen LogP contribution in [-0.4, -0.2) is 49.6 Å². The Bertz CT molecular complexity index is 728. The number of aromatic nitrogens is 1. The van der Waals surface area contributed by atoms with Gasteiger partial charge in [-0.2, -0.15) is 0 Å². The minimum atomic E-state index is 0. The van der Waals surface area contributed by atoms with Crippen LogP contribution in [0.1, 0.15) is 24.1 Å². The average Bonchev–Trinajstić information content (AvgIpc) is 3.32. The first kappa shape index (κ1) is 22.4. The van der Waals surface area contributed by atoms with E-state index in [1.54, 1.807) is 11.3 Å². The van der Waals surface area contributed by atoms with E-state index in [0.717, 1.165) is 48.7 Å². The number of guanidine groups is 1. The first-order chi connectivity index (χ1) is 12.7. The molecule has 0 unspecified atom stereocenters. The first-order valence-corrected chi connectivity index (χ1v) is 10.7. The van der Waals surface area contributed by atoms with Crippen molar-refractivity contribution < 1.29 is 0 Å². The van der Waals surface area contributed by atoms with Crippen LogP contribution in [0.3, 0.4) is 0 Å². The Balaban J connectivity index is 0.00000261. The fraction of sp³-hybridized carbons (Fsp3) is 0.474. The van der Waals surface area contributed by atoms with E-state index in [2.05, 4.69) is 72.7 Å². The minimum Gasteiger partial charge on any atom is -0.356 e. The molecule has 0 amide bonds. The summed E-state index contributed by atoms with van der Waals surface area (Å²) in [5.41, 5.74) is 2.42. The Hall–Kier alpha value is -0.870. The number of benzene rings is 1. The SMILES string of the molecule is CN=C(NCCc1csc(N2CCCC2)n1)N(C)Cc1ccc(Br)cc1.I. The number of thiazole rings is 1. The second-order valence-electron chi connectivity index (χ2n) is 6.52. The molecule has 0 atom stereocenters. The van der Waals surface area contributed by atoms with Crippen LogP contribution in [0.5, 0.6) is 0 Å². The van der Waals surface area contributed by atoms with Crippen molar-refractivity contribution in [2.24, 2.45) is 4.99 Å². The smallest absolute Gasteiger partial charge is 0.193 e. The van der Waals surface area contributed by atoms with Gasteiger partial charge in [0.25, 0.3) is 0 Å². The molecule has 5 nitrogen and oxygen atoms in total. The maximum Gasteiger partial charge on any atom is 0.193 e. The lowest BCUT2D eigenvalue weighted by atomic mass is 10.2. The Kier molecular flexibility index (Phi) is 9.31. The van der Waals surface area contributed by atoms with Crippen molar-refractivity contribution in [2.45, 2.75) is 25.8 Å². The van der Waals surface area contributed by atoms with Crippen LogP contribution in [0, 0.1) is 0 Å². The molecule has 2 heterocycles. The lowest BCUT2D eigenvalue weighted by Crippen LogP contribution is -2.39. The molecule has 1 aliphatic rings. The summed E-state index contributed by atoms with van der Waals surface area (Å²) < 4.78 is 1.10. The minimum absolute atomic E-state index is 0. The highest BCUT2D eigenvalue weighted by atomic mass is 127. The number of halogens is 2. The van der Waals surface area contributed by atoms with Gasteiger partial charge < -0.3 is 15.1 Å². The Morgan fingerprint density at radius 1 is 1.30 bits per heavy atom. The number of aliphatic imine (C=N–C) groups is 1. The zero-order chi connectivity index (χ0) is 18.4. The molecule has 0 saturated carbocycles. The van der Waals surface area contributed by atoms with Crippen molar-refractivity contribution in [3.8, 4) is 0 Å². The van der Waals surface area contributed by atoms with Crippen LogP contribution in [0.2, 0.25) is 0 Å². The van der Waals surface area contributed by atoms with Gasteiger partial charge in [-0.05, 0) is 30.5 Å². The van der Waals surface area contributed by atoms with Gasteiger partial charge in [-0.15, -0.1) is 35.3 Å². The van der Waals surface area contributed by atoms with E-state index in [1.165, 1.54) is 23.5 Å². The monoisotopic (exact) mass is 563 g/mol. The third-order valence-electron chi connectivity index (χ3n) is 4.49. The molecule has 1 N–H and O–H groups in total. The number of nitrogens with zero attached hydrogens (tertiary/aromatic N) is 4. The number of hydrogen-bond donors (Lipinski definition) is 1. The first-order valence-electron chi connectivity index (χ1n) is 9.01. The molecular weight excluding hydrogens is 537 g/mol. The Labute approximate surface area is 191 Å². The fourth-order valence-electron chi connectivity index (χ4n) is 3.09. The molecule has 1 aromatic carbocycles. The van der Waals surface area contributed by atoms with E-state index in [-0.39, 0.29) is 24.0 Å². The van der Waals surface area contributed by atoms with Crippen LogP contribution >= 0.6 is 51.2 Å². The third kappa shape index (κ3) is 6.60. The van der Waals surface area contributed by atoms with Crippen molar-refractivity contribution in [1.29, 1.82) is 0 Å². The summed E-state index contributed by atoms with van der Waals surface area (Å²) in [5, 5.41) is 6.81. The second-order valence-corrected chi connectivity index (χ2v) is 8.27. The molecule has 0 aliphatic carbocycles. The quantitative estimate of drug-likeness (QED) is 0.322. The molecule has 1 aliphatic heterocycles. The fourth-order valence-corrected chi connectivity index (χ4v) is 4.27. The van der Waals surface area contributed by atoms with E-state index < -0.39 is 0 Å². The molecule has 0 radical (unpaired) electrons. The molecule has 148 valence electrons. The van der Waals surface area contributed by atoms with E-state index in [1.807, 2.05) is 7.05 Å². The van der Waals surface area contributed by atoms with E-state index in [4.69, 9.17) is 4.98 Å². The second kappa shape index (κ2) is 11.2. The predicted molar refractivity (Wildman–Crippen MR) is 130 cm³/mol. The van der Waals surface area contributed by atoms with Gasteiger partial charge in [0.2, 0.25) is 0 Å². The molecule has 1 aromatic heterocycles. The van der Waals surface area contributed by atoms with Crippen LogP contribution in [0.15, 0.2) is 39.1 Å². The lowest BCUT2D eigenvalue weighted by Gasteiger charge is -2.22. The summed E-state index contributed by atoms with van der Waals surface area (Å²) in [6.45, 7) is 3.96. The van der Waals surface area contributed by atoms with E-state index in [0.29, 0.717) is 0 Å². The molecular formula is C19H27BrIN5S. The van der Waals surface area contributed by atoms with Crippen LogP contribution < -0.4 is 10.2 Å². The van der Waals surface area contributed by atoms with Gasteiger partial charge >= 0.3 is 0 Å². The van der Waals surface area contributed by atoms with Gasteiger partial charge in [-0.1, -0.05) is 28.1 Å². The largest absolute Gasteiger partial charge is 0.356 e. The van der Waals surface area contributed by atoms with Gasteiger partial charge in [0.05, 0.1) is 5.69 Å². The van der Waals surface area contributed by atoms with Gasteiger partial charge in [0, 0.05) is 56.5 Å². The summed E-state index contributed by atoms with van der Waals surface area (Å²) in [5.74, 6) is 0.905. The highest BCUT2D eigenvalue weighted by Crippen LogP contribution is 2.24. The molecule has 0 bridgehead atoms. The Morgan fingerprint density at radius 2 is 2.00 bits per heavy atom. The van der Waals surface area contributed by atoms with E-state index in [9.17, 15) is 0 Å². The molecule has 1 fully saturated rings. The van der Waals surface area contributed by atoms with Crippen molar-refractivity contribution in [1.82, 2.24) is 15.2 Å². The zero-order valence-electron chi connectivity index (χ0n) is 15.8. The van der Waals surface area contributed by atoms with Gasteiger partial charge in [0.1, 0.15) is 0 Å². The normalized spacial score (nSPS) is 14.2. The summed E-state index contributed by atoms with van der Waals surface area (Å²) in [4.78, 5) is 13.7. The molecule has 3 rings (SSSR count). The van der Waals surface area contributed by atoms with Crippen LogP contribution in [0.4, 0.5) is 5.13 Å². The number of nitrogens with one attached hydrogen (secondary N) is 1. The standard InChI is InChI=1S/C19H26BrN5S.HI/c1-21-18(24(2)13-15-5-7-16(20)8-6-15)22-10-9-17-14-26-19(23-17)25-11-3-4-12-25;/h5-8,14H,3-4,9-13H2,1-2H3,(H,21,22);1H. The van der Waals surface area contributed by atoms with E-state index >= 15 is 0 Å². The molecule has 0 spiro atoms. The molecule has 2 aromatic rings. The Morgan fingerprint density at radius 3 is 2.67 bits per heavy atom. The van der Waals surface area contributed by atoms with Gasteiger partial charge in [-0.3, -0.25) is 4.99 Å². The topological polar surface area (TPSA) is 43.8 Å². The summed E-state index contributed by atoms with van der Waals surface area (Å²) in [6.07, 6.45) is 3.49. The molecule has 8 heteroatoms. The highest BCUT2D eigenvalue weighted by Gasteiger charge is 2.15. The van der Waals surface area contributed by atoms with Crippen LogP contribution in [-0.2, 0) is 13.0 Å². The lowest BCUT2D eigenvalue weighted by molar-refractivity contribution is 0.477. The van der Waals surface area contributed by atoms with Crippen molar-refractivity contribution >= 4 is 62.3 Å². The third-order valence-corrected chi connectivity index (χ3v) is 5.97. The predicted octanol–water partition coefficient (Wildman–Crippen LogP) is 4.37. The van der Waals surface area contributed by atoms with Crippen molar-refractivity contribution in [2.75, 3.05) is 38.6 Å².